The highest BCUT2D eigenvalue weighted by atomic mass is 16.7. The Kier molecular flexibility index (Phi) is 10.4. The molecule has 1 fully saturated rings. The molecule has 0 saturated carbocycles. The Morgan fingerprint density at radius 1 is 1.06 bits per heavy atom. The van der Waals surface area contributed by atoms with Crippen molar-refractivity contribution in [3.8, 4) is 0 Å². The molecule has 1 aromatic rings. The molecule has 0 aromatic heterocycles. The molecule has 0 spiro atoms. The van der Waals surface area contributed by atoms with Crippen molar-refractivity contribution in [1.82, 2.24) is 0 Å². The van der Waals surface area contributed by atoms with Crippen LogP contribution < -0.4 is 0 Å². The summed E-state index contributed by atoms with van der Waals surface area (Å²) in [5.74, 6) is -2.99. The van der Waals surface area contributed by atoms with E-state index in [4.69, 9.17) is 18.9 Å². The van der Waals surface area contributed by atoms with Crippen molar-refractivity contribution in [2.45, 2.75) is 77.2 Å². The monoisotopic (exact) mass is 496 g/mol. The van der Waals surface area contributed by atoms with E-state index in [0.29, 0.717) is 0 Å². The fraction of sp³-hybridized carbons (Fsp3) is 0.500. The average molecular weight is 497 g/mol. The van der Waals surface area contributed by atoms with Gasteiger partial charge in [0.25, 0.3) is 0 Å². The van der Waals surface area contributed by atoms with Crippen LogP contribution in [-0.4, -0.2) is 80.6 Å². The molecular formula is C24H32O11. The fourth-order valence-electron chi connectivity index (χ4n) is 3.26. The van der Waals surface area contributed by atoms with E-state index in [1.807, 2.05) is 19.1 Å². The lowest BCUT2D eigenvalue weighted by Gasteiger charge is -2.39. The first kappa shape index (κ1) is 28.4. The standard InChI is InChI=1S/C24H32O11/c1-5-16(34-17(26)11-10-15-8-6-12(2)7-9-15)21(33-14(4)25)22(23(30)31)35-24-20(29)19(28)18(27)13(3)32-24/h6-11,13,16,18-20,23-24,27-31H,5H2,1-4H3/b11-10+,22-21+. The number of ether oxygens (including phenoxy) is 4. The van der Waals surface area contributed by atoms with Crippen molar-refractivity contribution >= 4 is 18.0 Å². The summed E-state index contributed by atoms with van der Waals surface area (Å²) in [5, 5.41) is 49.9. The Morgan fingerprint density at radius 2 is 1.69 bits per heavy atom. The van der Waals surface area contributed by atoms with Gasteiger partial charge in [0.2, 0.25) is 12.6 Å². The van der Waals surface area contributed by atoms with E-state index in [1.165, 1.54) is 13.0 Å². The van der Waals surface area contributed by atoms with Gasteiger partial charge in [-0.3, -0.25) is 4.79 Å². The SMILES string of the molecule is CCC(OC(=O)/C=C/c1ccc(C)cc1)/C(OC(C)=O)=C(\OC1OC(C)C(O)C(O)C1O)C(O)O. The Balaban J connectivity index is 2.32. The van der Waals surface area contributed by atoms with E-state index < -0.39 is 66.6 Å². The van der Waals surface area contributed by atoms with Crippen LogP contribution in [0.5, 0.6) is 0 Å². The van der Waals surface area contributed by atoms with Gasteiger partial charge in [-0.2, -0.15) is 0 Å². The number of hydrogen-bond donors (Lipinski definition) is 5. The topological polar surface area (TPSA) is 172 Å². The summed E-state index contributed by atoms with van der Waals surface area (Å²) in [5.41, 5.74) is 1.79. The second-order valence-electron chi connectivity index (χ2n) is 8.07. The van der Waals surface area contributed by atoms with Crippen LogP contribution in [-0.2, 0) is 28.5 Å². The summed E-state index contributed by atoms with van der Waals surface area (Å²) >= 11 is 0. The number of aliphatic hydroxyl groups is 5. The van der Waals surface area contributed by atoms with Gasteiger partial charge < -0.3 is 44.5 Å². The summed E-state index contributed by atoms with van der Waals surface area (Å²) in [6, 6.07) is 7.34. The predicted octanol–water partition coefficient (Wildman–Crippen LogP) is 0.260. The maximum Gasteiger partial charge on any atom is 0.331 e. The van der Waals surface area contributed by atoms with Gasteiger partial charge in [-0.15, -0.1) is 0 Å². The molecule has 194 valence electrons. The number of esters is 2. The van der Waals surface area contributed by atoms with Crippen LogP contribution in [0.4, 0.5) is 0 Å². The minimum absolute atomic E-state index is 0.0398. The summed E-state index contributed by atoms with van der Waals surface area (Å²) < 4.78 is 21.1. The van der Waals surface area contributed by atoms with Crippen molar-refractivity contribution in [2.75, 3.05) is 0 Å². The van der Waals surface area contributed by atoms with Gasteiger partial charge in [0.05, 0.1) is 6.10 Å². The van der Waals surface area contributed by atoms with E-state index >= 15 is 0 Å². The van der Waals surface area contributed by atoms with Crippen LogP contribution >= 0.6 is 0 Å². The molecule has 1 aliphatic rings. The maximum absolute atomic E-state index is 12.4. The van der Waals surface area contributed by atoms with Crippen molar-refractivity contribution < 1.29 is 54.1 Å². The van der Waals surface area contributed by atoms with Gasteiger partial charge in [-0.1, -0.05) is 36.8 Å². The highest BCUT2D eigenvalue weighted by molar-refractivity contribution is 5.87. The number of carbonyl (C=O) groups is 2. The lowest BCUT2D eigenvalue weighted by molar-refractivity contribution is -0.290. The Morgan fingerprint density at radius 3 is 2.23 bits per heavy atom. The minimum atomic E-state index is -2.38. The zero-order valence-corrected chi connectivity index (χ0v) is 19.9. The molecule has 35 heavy (non-hydrogen) atoms. The van der Waals surface area contributed by atoms with E-state index in [-0.39, 0.29) is 6.42 Å². The molecule has 6 atom stereocenters. The minimum Gasteiger partial charge on any atom is -0.457 e. The molecule has 0 radical (unpaired) electrons. The zero-order valence-electron chi connectivity index (χ0n) is 19.9. The van der Waals surface area contributed by atoms with Crippen molar-refractivity contribution in [3.63, 3.8) is 0 Å². The predicted molar refractivity (Wildman–Crippen MR) is 121 cm³/mol. The largest absolute Gasteiger partial charge is 0.457 e. The molecule has 1 aliphatic heterocycles. The number of rotatable bonds is 9. The molecule has 1 heterocycles. The number of aliphatic hydroxyl groups excluding tert-OH is 4. The van der Waals surface area contributed by atoms with Gasteiger partial charge in [0.15, 0.2) is 17.6 Å². The summed E-state index contributed by atoms with van der Waals surface area (Å²) in [6.45, 7) is 5.95. The Labute approximate surface area is 202 Å². The molecule has 1 aromatic carbocycles. The van der Waals surface area contributed by atoms with Crippen LogP contribution in [0.15, 0.2) is 41.9 Å². The first-order chi connectivity index (χ1) is 16.4. The third-order valence-corrected chi connectivity index (χ3v) is 5.19. The van der Waals surface area contributed by atoms with E-state index in [9.17, 15) is 35.1 Å². The number of carbonyl (C=O) groups excluding carboxylic acids is 2. The first-order valence-electron chi connectivity index (χ1n) is 11.0. The molecular weight excluding hydrogens is 464 g/mol. The van der Waals surface area contributed by atoms with Crippen LogP contribution in [0.3, 0.4) is 0 Å². The third kappa shape index (κ3) is 7.85. The van der Waals surface area contributed by atoms with Crippen LogP contribution in [0.1, 0.15) is 38.3 Å². The lowest BCUT2D eigenvalue weighted by Crippen LogP contribution is -2.57. The molecule has 5 N–H and O–H groups in total. The molecule has 6 unspecified atom stereocenters. The maximum atomic E-state index is 12.4. The van der Waals surface area contributed by atoms with E-state index in [2.05, 4.69) is 0 Å². The van der Waals surface area contributed by atoms with Crippen molar-refractivity contribution in [3.05, 3.63) is 53.0 Å². The van der Waals surface area contributed by atoms with Gasteiger partial charge in [-0.05, 0) is 31.9 Å². The molecule has 11 heteroatoms. The summed E-state index contributed by atoms with van der Waals surface area (Å²) in [7, 11) is 0. The molecule has 2 rings (SSSR count). The van der Waals surface area contributed by atoms with Gasteiger partial charge in [-0.25, -0.2) is 4.79 Å². The quantitative estimate of drug-likeness (QED) is 0.137. The second kappa shape index (κ2) is 12.8. The summed E-state index contributed by atoms with van der Waals surface area (Å²) in [4.78, 5) is 24.2. The van der Waals surface area contributed by atoms with Crippen LogP contribution in [0.2, 0.25) is 0 Å². The molecule has 11 nitrogen and oxygen atoms in total. The van der Waals surface area contributed by atoms with Gasteiger partial charge in [0, 0.05) is 13.0 Å². The highest BCUT2D eigenvalue weighted by Crippen LogP contribution is 2.28. The number of hydrogen-bond acceptors (Lipinski definition) is 11. The molecule has 0 amide bonds. The van der Waals surface area contributed by atoms with Crippen molar-refractivity contribution in [1.29, 1.82) is 0 Å². The fourth-order valence-corrected chi connectivity index (χ4v) is 3.26. The first-order valence-corrected chi connectivity index (χ1v) is 11.0. The van der Waals surface area contributed by atoms with Gasteiger partial charge >= 0.3 is 11.9 Å². The third-order valence-electron chi connectivity index (χ3n) is 5.19. The average Bonchev–Trinajstić information content (AvgIpc) is 2.80. The Bertz CT molecular complexity index is 922. The Hall–Kier alpha value is -2.80. The molecule has 0 aliphatic carbocycles. The van der Waals surface area contributed by atoms with E-state index in [1.54, 1.807) is 19.1 Å². The number of benzene rings is 1. The van der Waals surface area contributed by atoms with E-state index in [0.717, 1.165) is 24.1 Å². The van der Waals surface area contributed by atoms with Crippen LogP contribution in [0.25, 0.3) is 6.08 Å². The smallest absolute Gasteiger partial charge is 0.331 e. The van der Waals surface area contributed by atoms with Crippen LogP contribution in [0, 0.1) is 6.92 Å². The molecule has 1 saturated heterocycles. The second-order valence-corrected chi connectivity index (χ2v) is 8.07. The van der Waals surface area contributed by atoms with Gasteiger partial charge in [0.1, 0.15) is 18.3 Å². The zero-order chi connectivity index (χ0) is 26.3. The normalized spacial score (nSPS) is 26.3. The summed E-state index contributed by atoms with van der Waals surface area (Å²) in [6.07, 6.45) is -8.48. The molecule has 0 bridgehead atoms. The number of aryl methyl sites for hydroxylation is 1. The highest BCUT2D eigenvalue weighted by Gasteiger charge is 2.44. The van der Waals surface area contributed by atoms with Crippen molar-refractivity contribution in [2.24, 2.45) is 0 Å². The lowest BCUT2D eigenvalue weighted by atomic mass is 10.00.